The number of nitrogens with zero attached hydrogens (tertiary/aromatic N) is 2. The van der Waals surface area contributed by atoms with Crippen molar-refractivity contribution in [3.05, 3.63) is 29.3 Å². The summed E-state index contributed by atoms with van der Waals surface area (Å²) in [5, 5.41) is 8.97. The molecule has 0 aliphatic heterocycles. The van der Waals surface area contributed by atoms with E-state index in [9.17, 15) is 0 Å². The number of ether oxygens (including phenoxy) is 2. The van der Waals surface area contributed by atoms with Gasteiger partial charge in [-0.3, -0.25) is 0 Å². The van der Waals surface area contributed by atoms with Gasteiger partial charge < -0.3 is 9.47 Å². The second-order valence-electron chi connectivity index (χ2n) is 3.10. The predicted molar refractivity (Wildman–Crippen MR) is 67.2 cm³/mol. The summed E-state index contributed by atoms with van der Waals surface area (Å²) in [7, 11) is 0. The zero-order valence-electron chi connectivity index (χ0n) is 9.22. The highest BCUT2D eigenvalue weighted by atomic mass is 35.5. The van der Waals surface area contributed by atoms with E-state index in [1.54, 1.807) is 0 Å². The van der Waals surface area contributed by atoms with Crippen molar-refractivity contribution in [2.45, 2.75) is 12.8 Å². The van der Waals surface area contributed by atoms with Gasteiger partial charge in [-0.25, -0.2) is 0 Å². The number of alkyl halides is 1. The van der Waals surface area contributed by atoms with Crippen molar-refractivity contribution in [1.82, 2.24) is 10.2 Å². The molecule has 0 atom stereocenters. The third-order valence-electron chi connectivity index (χ3n) is 1.90. The molecular weight excluding hydrogens is 260 g/mol. The maximum Gasteiger partial charge on any atom is 0.299 e. The fourth-order valence-corrected chi connectivity index (χ4v) is 1.98. The lowest BCUT2D eigenvalue weighted by Crippen LogP contribution is -1.90. The standard InChI is InChI=1S/C11H11ClN2O2S/c1-2-15-8-3-5-9(6-4-8)16-11-14-13-10(7-12)17-11/h3-6H,2,7H2,1H3. The molecule has 0 unspecified atom stereocenters. The fourth-order valence-electron chi connectivity index (χ4n) is 1.20. The minimum Gasteiger partial charge on any atom is -0.494 e. The normalized spacial score (nSPS) is 10.2. The van der Waals surface area contributed by atoms with Gasteiger partial charge in [-0.05, 0) is 31.2 Å². The van der Waals surface area contributed by atoms with Crippen LogP contribution in [0.2, 0.25) is 0 Å². The van der Waals surface area contributed by atoms with Crippen LogP contribution in [0.5, 0.6) is 16.7 Å². The summed E-state index contributed by atoms with van der Waals surface area (Å²) in [6.45, 7) is 2.59. The molecule has 2 rings (SSSR count). The first-order valence-corrected chi connectivity index (χ1v) is 6.46. The van der Waals surface area contributed by atoms with E-state index in [0.29, 0.717) is 23.4 Å². The summed E-state index contributed by atoms with van der Waals surface area (Å²) in [5.74, 6) is 1.87. The van der Waals surface area contributed by atoms with E-state index in [1.165, 1.54) is 11.3 Å². The van der Waals surface area contributed by atoms with Crippen LogP contribution >= 0.6 is 22.9 Å². The molecule has 1 heterocycles. The molecule has 1 aromatic heterocycles. The SMILES string of the molecule is CCOc1ccc(Oc2nnc(CCl)s2)cc1. The third kappa shape index (κ3) is 3.31. The highest BCUT2D eigenvalue weighted by Crippen LogP contribution is 2.26. The van der Waals surface area contributed by atoms with Crippen LogP contribution in [0.25, 0.3) is 0 Å². The van der Waals surface area contributed by atoms with E-state index in [-0.39, 0.29) is 0 Å². The van der Waals surface area contributed by atoms with Gasteiger partial charge in [-0.15, -0.1) is 16.7 Å². The van der Waals surface area contributed by atoms with Crippen molar-refractivity contribution >= 4 is 22.9 Å². The van der Waals surface area contributed by atoms with Crippen LogP contribution < -0.4 is 9.47 Å². The average Bonchev–Trinajstić information content (AvgIpc) is 2.80. The maximum atomic E-state index is 5.63. The number of aromatic nitrogens is 2. The summed E-state index contributed by atoms with van der Waals surface area (Å²) in [6.07, 6.45) is 0. The Morgan fingerprint density at radius 2 is 1.88 bits per heavy atom. The Morgan fingerprint density at radius 3 is 2.47 bits per heavy atom. The van der Waals surface area contributed by atoms with Gasteiger partial charge in [0.1, 0.15) is 16.5 Å². The van der Waals surface area contributed by atoms with Crippen molar-refractivity contribution in [1.29, 1.82) is 0 Å². The minimum atomic E-state index is 0.351. The van der Waals surface area contributed by atoms with E-state index >= 15 is 0 Å². The van der Waals surface area contributed by atoms with Gasteiger partial charge in [0.25, 0.3) is 5.19 Å². The van der Waals surface area contributed by atoms with Crippen LogP contribution in [0.1, 0.15) is 11.9 Å². The van der Waals surface area contributed by atoms with Crippen molar-refractivity contribution in [2.24, 2.45) is 0 Å². The quantitative estimate of drug-likeness (QED) is 0.781. The van der Waals surface area contributed by atoms with E-state index in [4.69, 9.17) is 21.1 Å². The van der Waals surface area contributed by atoms with E-state index in [0.717, 1.165) is 10.8 Å². The molecular formula is C11H11ClN2O2S. The molecule has 0 aliphatic rings. The topological polar surface area (TPSA) is 44.2 Å². The second kappa shape index (κ2) is 5.84. The first kappa shape index (κ1) is 12.1. The van der Waals surface area contributed by atoms with Crippen molar-refractivity contribution in [3.63, 3.8) is 0 Å². The van der Waals surface area contributed by atoms with Gasteiger partial charge in [0, 0.05) is 0 Å². The monoisotopic (exact) mass is 270 g/mol. The molecule has 1 aromatic carbocycles. The summed E-state index contributed by atoms with van der Waals surface area (Å²) in [4.78, 5) is 0. The molecule has 0 amide bonds. The fraction of sp³-hybridized carbons (Fsp3) is 0.273. The third-order valence-corrected chi connectivity index (χ3v) is 3.12. The predicted octanol–water partition coefficient (Wildman–Crippen LogP) is 3.47. The largest absolute Gasteiger partial charge is 0.494 e. The molecule has 0 saturated heterocycles. The lowest BCUT2D eigenvalue weighted by molar-refractivity contribution is 0.339. The van der Waals surface area contributed by atoms with Gasteiger partial charge in [0.05, 0.1) is 12.5 Å². The number of hydrogen-bond acceptors (Lipinski definition) is 5. The van der Waals surface area contributed by atoms with Crippen LogP contribution in [-0.4, -0.2) is 16.8 Å². The summed E-state index contributed by atoms with van der Waals surface area (Å²) in [6, 6.07) is 7.35. The van der Waals surface area contributed by atoms with Gasteiger partial charge in [0.15, 0.2) is 0 Å². The van der Waals surface area contributed by atoms with E-state index in [1.807, 2.05) is 31.2 Å². The lowest BCUT2D eigenvalue weighted by atomic mass is 10.3. The summed E-state index contributed by atoms with van der Waals surface area (Å²) < 4.78 is 10.9. The highest BCUT2D eigenvalue weighted by molar-refractivity contribution is 7.13. The molecule has 2 aromatic rings. The lowest BCUT2D eigenvalue weighted by Gasteiger charge is -2.04. The molecule has 6 heteroatoms. The number of rotatable bonds is 5. The second-order valence-corrected chi connectivity index (χ2v) is 4.39. The molecule has 0 bridgehead atoms. The first-order chi connectivity index (χ1) is 8.31. The number of halogens is 1. The zero-order valence-corrected chi connectivity index (χ0v) is 10.8. The highest BCUT2D eigenvalue weighted by Gasteiger charge is 2.05. The minimum absolute atomic E-state index is 0.351. The zero-order chi connectivity index (χ0) is 12.1. The van der Waals surface area contributed by atoms with E-state index < -0.39 is 0 Å². The van der Waals surface area contributed by atoms with Gasteiger partial charge in [0.2, 0.25) is 0 Å². The maximum absolute atomic E-state index is 5.63. The molecule has 0 radical (unpaired) electrons. The smallest absolute Gasteiger partial charge is 0.299 e. The average molecular weight is 271 g/mol. The van der Waals surface area contributed by atoms with Crippen LogP contribution in [0, 0.1) is 0 Å². The molecule has 4 nitrogen and oxygen atoms in total. The molecule has 0 aliphatic carbocycles. The van der Waals surface area contributed by atoms with Crippen LogP contribution in [0.4, 0.5) is 0 Å². The Hall–Kier alpha value is -1.33. The van der Waals surface area contributed by atoms with Gasteiger partial charge in [-0.2, -0.15) is 0 Å². The van der Waals surface area contributed by atoms with E-state index in [2.05, 4.69) is 10.2 Å². The molecule has 0 fully saturated rings. The van der Waals surface area contributed by atoms with Crippen LogP contribution in [-0.2, 0) is 5.88 Å². The van der Waals surface area contributed by atoms with Gasteiger partial charge >= 0.3 is 0 Å². The number of hydrogen-bond donors (Lipinski definition) is 0. The molecule has 90 valence electrons. The van der Waals surface area contributed by atoms with Crippen LogP contribution in [0.3, 0.4) is 0 Å². The first-order valence-electron chi connectivity index (χ1n) is 5.11. The Kier molecular flexibility index (Phi) is 4.17. The van der Waals surface area contributed by atoms with Crippen molar-refractivity contribution < 1.29 is 9.47 Å². The van der Waals surface area contributed by atoms with Crippen LogP contribution in [0.15, 0.2) is 24.3 Å². The van der Waals surface area contributed by atoms with Gasteiger partial charge in [-0.1, -0.05) is 16.4 Å². The number of benzene rings is 1. The molecule has 0 spiro atoms. The Morgan fingerprint density at radius 1 is 1.18 bits per heavy atom. The summed E-state index contributed by atoms with van der Waals surface area (Å²) >= 11 is 6.97. The Balaban J connectivity index is 2.03. The molecule has 0 saturated carbocycles. The van der Waals surface area contributed by atoms with Crippen molar-refractivity contribution in [2.75, 3.05) is 6.61 Å². The summed E-state index contributed by atoms with van der Waals surface area (Å²) in [5.41, 5.74) is 0. The molecule has 17 heavy (non-hydrogen) atoms. The Bertz CT molecular complexity index is 473. The molecule has 0 N–H and O–H groups in total. The Labute approximate surface area is 108 Å². The van der Waals surface area contributed by atoms with Crippen molar-refractivity contribution in [3.8, 4) is 16.7 Å².